The predicted octanol–water partition coefficient (Wildman–Crippen LogP) is 4.57. The zero-order valence-electron chi connectivity index (χ0n) is 10.8. The quantitative estimate of drug-likeness (QED) is 0.787. The zero-order valence-corrected chi connectivity index (χ0v) is 11.5. The van der Waals surface area contributed by atoms with Gasteiger partial charge in [0.1, 0.15) is 5.82 Å². The molecule has 0 spiro atoms. The van der Waals surface area contributed by atoms with Crippen molar-refractivity contribution in [3.05, 3.63) is 34.6 Å². The van der Waals surface area contributed by atoms with Crippen molar-refractivity contribution in [3.63, 3.8) is 0 Å². The molecule has 0 radical (unpaired) electrons. The van der Waals surface area contributed by atoms with Crippen LogP contribution < -0.4 is 5.32 Å². The molecule has 0 saturated heterocycles. The number of hydrogen-bond acceptors (Lipinski definition) is 1. The van der Waals surface area contributed by atoms with Gasteiger partial charge in [0.05, 0.1) is 0 Å². The van der Waals surface area contributed by atoms with Gasteiger partial charge in [-0.3, -0.25) is 0 Å². The molecule has 1 nitrogen and oxygen atoms in total. The normalized spacial score (nSPS) is 14.6. The summed E-state index contributed by atoms with van der Waals surface area (Å²) in [5, 5.41) is 3.94. The first-order valence-corrected chi connectivity index (χ1v) is 6.66. The highest BCUT2D eigenvalue weighted by Crippen LogP contribution is 2.29. The van der Waals surface area contributed by atoms with E-state index in [4.69, 9.17) is 11.6 Å². The topological polar surface area (TPSA) is 12.0 Å². The van der Waals surface area contributed by atoms with Gasteiger partial charge in [0, 0.05) is 16.6 Å². The molecule has 2 atom stereocenters. The molecule has 0 bridgehead atoms. The van der Waals surface area contributed by atoms with Crippen LogP contribution in [0, 0.1) is 11.7 Å². The lowest BCUT2D eigenvalue weighted by Crippen LogP contribution is -2.27. The molecule has 0 aromatic heterocycles. The molecule has 1 rings (SSSR count). The van der Waals surface area contributed by atoms with Gasteiger partial charge >= 0.3 is 0 Å². The number of benzene rings is 1. The minimum Gasteiger partial charge on any atom is -0.310 e. The lowest BCUT2D eigenvalue weighted by atomic mass is 9.90. The first-order chi connectivity index (χ1) is 8.10. The van der Waals surface area contributed by atoms with E-state index in [0.29, 0.717) is 16.5 Å². The Balaban J connectivity index is 2.99. The van der Waals surface area contributed by atoms with E-state index >= 15 is 0 Å². The Morgan fingerprint density at radius 1 is 1.35 bits per heavy atom. The van der Waals surface area contributed by atoms with Crippen LogP contribution in [-0.4, -0.2) is 6.54 Å². The third kappa shape index (κ3) is 3.97. The molecule has 0 aliphatic rings. The second-order valence-corrected chi connectivity index (χ2v) is 4.90. The Labute approximate surface area is 108 Å². The largest absolute Gasteiger partial charge is 0.310 e. The molecule has 0 aliphatic heterocycles. The van der Waals surface area contributed by atoms with E-state index in [-0.39, 0.29) is 11.9 Å². The highest BCUT2D eigenvalue weighted by molar-refractivity contribution is 6.30. The zero-order chi connectivity index (χ0) is 12.8. The first-order valence-electron chi connectivity index (χ1n) is 6.28. The number of rotatable bonds is 6. The number of hydrogen-bond donors (Lipinski definition) is 1. The Kier molecular flexibility index (Phi) is 5.93. The van der Waals surface area contributed by atoms with Gasteiger partial charge in [-0.25, -0.2) is 4.39 Å². The van der Waals surface area contributed by atoms with E-state index in [1.165, 1.54) is 6.07 Å². The van der Waals surface area contributed by atoms with Crippen molar-refractivity contribution in [1.29, 1.82) is 0 Å². The van der Waals surface area contributed by atoms with Crippen molar-refractivity contribution in [3.8, 4) is 0 Å². The predicted molar refractivity (Wildman–Crippen MR) is 71.9 cm³/mol. The smallest absolute Gasteiger partial charge is 0.128 e. The summed E-state index contributed by atoms with van der Waals surface area (Å²) in [5.74, 6) is 0.219. The fraction of sp³-hybridized carbons (Fsp3) is 0.571. The van der Waals surface area contributed by atoms with E-state index in [0.717, 1.165) is 19.4 Å². The summed E-state index contributed by atoms with van der Waals surface area (Å²) in [6.07, 6.45) is 2.18. The van der Waals surface area contributed by atoms with Crippen molar-refractivity contribution >= 4 is 11.6 Å². The van der Waals surface area contributed by atoms with Crippen molar-refractivity contribution in [2.45, 2.75) is 39.7 Å². The molecular weight excluding hydrogens is 237 g/mol. The highest BCUT2D eigenvalue weighted by atomic mass is 35.5. The molecule has 0 heterocycles. The van der Waals surface area contributed by atoms with E-state index in [1.807, 2.05) is 6.92 Å². The fourth-order valence-electron chi connectivity index (χ4n) is 2.21. The van der Waals surface area contributed by atoms with Crippen LogP contribution in [0.2, 0.25) is 5.02 Å². The average Bonchev–Trinajstić information content (AvgIpc) is 2.30. The van der Waals surface area contributed by atoms with Gasteiger partial charge in [0.15, 0.2) is 0 Å². The van der Waals surface area contributed by atoms with Crippen molar-refractivity contribution in [1.82, 2.24) is 5.32 Å². The SMILES string of the molecule is CCCC(C)C(NCC)c1cc(Cl)ccc1F. The Morgan fingerprint density at radius 3 is 2.65 bits per heavy atom. The average molecular weight is 258 g/mol. The second kappa shape index (κ2) is 6.97. The van der Waals surface area contributed by atoms with Crippen LogP contribution >= 0.6 is 11.6 Å². The molecule has 1 N–H and O–H groups in total. The van der Waals surface area contributed by atoms with E-state index in [1.54, 1.807) is 12.1 Å². The summed E-state index contributed by atoms with van der Waals surface area (Å²) >= 11 is 5.95. The van der Waals surface area contributed by atoms with Crippen LogP contribution in [0.25, 0.3) is 0 Å². The third-order valence-electron chi connectivity index (χ3n) is 3.03. The summed E-state index contributed by atoms with van der Waals surface area (Å²) in [7, 11) is 0. The van der Waals surface area contributed by atoms with Gasteiger partial charge in [0.25, 0.3) is 0 Å². The lowest BCUT2D eigenvalue weighted by Gasteiger charge is -2.25. The Hall–Kier alpha value is -0.600. The van der Waals surface area contributed by atoms with Gasteiger partial charge < -0.3 is 5.32 Å². The van der Waals surface area contributed by atoms with Crippen LogP contribution in [0.3, 0.4) is 0 Å². The van der Waals surface area contributed by atoms with E-state index in [9.17, 15) is 4.39 Å². The third-order valence-corrected chi connectivity index (χ3v) is 3.27. The van der Waals surface area contributed by atoms with Crippen LogP contribution in [0.15, 0.2) is 18.2 Å². The maximum Gasteiger partial charge on any atom is 0.128 e. The summed E-state index contributed by atoms with van der Waals surface area (Å²) in [6.45, 7) is 7.16. The molecule has 0 fully saturated rings. The second-order valence-electron chi connectivity index (χ2n) is 4.47. The molecule has 1 aromatic carbocycles. The molecular formula is C14H21ClFN. The fourth-order valence-corrected chi connectivity index (χ4v) is 2.39. The maximum atomic E-state index is 13.8. The summed E-state index contributed by atoms with van der Waals surface area (Å²) in [5.41, 5.74) is 0.681. The minimum absolute atomic E-state index is 0.0404. The van der Waals surface area contributed by atoms with Crippen molar-refractivity contribution in [2.24, 2.45) is 5.92 Å². The van der Waals surface area contributed by atoms with E-state index < -0.39 is 0 Å². The number of nitrogens with one attached hydrogen (secondary N) is 1. The summed E-state index contributed by atoms with van der Waals surface area (Å²) in [4.78, 5) is 0. The summed E-state index contributed by atoms with van der Waals surface area (Å²) < 4.78 is 13.8. The van der Waals surface area contributed by atoms with Gasteiger partial charge in [-0.15, -0.1) is 0 Å². The van der Waals surface area contributed by atoms with E-state index in [2.05, 4.69) is 19.2 Å². The van der Waals surface area contributed by atoms with Crippen LogP contribution in [0.4, 0.5) is 4.39 Å². The molecule has 3 heteroatoms. The van der Waals surface area contributed by atoms with Gasteiger partial charge in [-0.1, -0.05) is 38.8 Å². The number of halogens is 2. The Morgan fingerprint density at radius 2 is 2.06 bits per heavy atom. The lowest BCUT2D eigenvalue weighted by molar-refractivity contribution is 0.359. The maximum absolute atomic E-state index is 13.8. The molecule has 96 valence electrons. The van der Waals surface area contributed by atoms with Crippen LogP contribution in [-0.2, 0) is 0 Å². The highest BCUT2D eigenvalue weighted by Gasteiger charge is 2.21. The monoisotopic (exact) mass is 257 g/mol. The van der Waals surface area contributed by atoms with Crippen molar-refractivity contribution < 1.29 is 4.39 Å². The standard InChI is InChI=1S/C14H21ClFN/c1-4-6-10(3)14(17-5-2)12-9-11(15)7-8-13(12)16/h7-10,14,17H,4-6H2,1-3H3. The molecule has 0 amide bonds. The van der Waals surface area contributed by atoms with Gasteiger partial charge in [-0.05, 0) is 37.1 Å². The van der Waals surface area contributed by atoms with Gasteiger partial charge in [0.2, 0.25) is 0 Å². The van der Waals surface area contributed by atoms with Crippen LogP contribution in [0.1, 0.15) is 45.2 Å². The van der Waals surface area contributed by atoms with Crippen LogP contribution in [0.5, 0.6) is 0 Å². The Bertz CT molecular complexity index is 354. The molecule has 1 aromatic rings. The van der Waals surface area contributed by atoms with Gasteiger partial charge in [-0.2, -0.15) is 0 Å². The minimum atomic E-state index is -0.177. The molecule has 0 aliphatic carbocycles. The molecule has 0 saturated carbocycles. The first kappa shape index (κ1) is 14.5. The van der Waals surface area contributed by atoms with Crippen molar-refractivity contribution in [2.75, 3.05) is 6.54 Å². The summed E-state index contributed by atoms with van der Waals surface area (Å²) in [6, 6.07) is 4.81. The molecule has 17 heavy (non-hydrogen) atoms. The molecule has 2 unspecified atom stereocenters.